The molecule has 0 saturated carbocycles. The van der Waals surface area contributed by atoms with Gasteiger partial charge in [0.25, 0.3) is 0 Å². The van der Waals surface area contributed by atoms with Crippen molar-refractivity contribution in [1.29, 1.82) is 0 Å². The molecule has 0 bridgehead atoms. The molecule has 1 heterocycles. The summed E-state index contributed by atoms with van der Waals surface area (Å²) in [4.78, 5) is 12.2. The first-order valence-corrected chi connectivity index (χ1v) is 5.34. The summed E-state index contributed by atoms with van der Waals surface area (Å²) in [6.45, 7) is 1.92. The third-order valence-corrected chi connectivity index (χ3v) is 3.35. The second-order valence-electron chi connectivity index (χ2n) is 3.29. The zero-order valence-electron chi connectivity index (χ0n) is 8.16. The molecule has 0 aliphatic rings. The SMILES string of the molecule is Cc1cc(C=O)sc1-c1cccc(F)c1. The van der Waals surface area contributed by atoms with E-state index < -0.39 is 0 Å². The Hall–Kier alpha value is -1.48. The summed E-state index contributed by atoms with van der Waals surface area (Å²) in [7, 11) is 0. The van der Waals surface area contributed by atoms with Gasteiger partial charge in [0.2, 0.25) is 0 Å². The fraction of sp³-hybridized carbons (Fsp3) is 0.0833. The van der Waals surface area contributed by atoms with Gasteiger partial charge in [-0.25, -0.2) is 4.39 Å². The number of carbonyl (C=O) groups is 1. The van der Waals surface area contributed by atoms with Crippen LogP contribution in [0.4, 0.5) is 4.39 Å². The molecule has 3 heteroatoms. The van der Waals surface area contributed by atoms with Crippen molar-refractivity contribution in [2.45, 2.75) is 6.92 Å². The average molecular weight is 220 g/mol. The molecule has 1 aromatic carbocycles. The summed E-state index contributed by atoms with van der Waals surface area (Å²) in [6.07, 6.45) is 0.820. The summed E-state index contributed by atoms with van der Waals surface area (Å²) in [5.74, 6) is -0.257. The minimum Gasteiger partial charge on any atom is -0.297 e. The molecule has 76 valence electrons. The zero-order chi connectivity index (χ0) is 10.8. The van der Waals surface area contributed by atoms with E-state index in [1.54, 1.807) is 6.07 Å². The molecule has 0 amide bonds. The van der Waals surface area contributed by atoms with Gasteiger partial charge in [-0.1, -0.05) is 12.1 Å². The Morgan fingerprint density at radius 1 is 1.33 bits per heavy atom. The summed E-state index contributed by atoms with van der Waals surface area (Å²) in [6, 6.07) is 8.22. The molecule has 15 heavy (non-hydrogen) atoms. The summed E-state index contributed by atoms with van der Waals surface area (Å²) in [5, 5.41) is 0. The monoisotopic (exact) mass is 220 g/mol. The molecular weight excluding hydrogens is 211 g/mol. The molecule has 0 N–H and O–H groups in total. The van der Waals surface area contributed by atoms with Gasteiger partial charge < -0.3 is 0 Å². The minimum absolute atomic E-state index is 0.257. The highest BCUT2D eigenvalue weighted by atomic mass is 32.1. The van der Waals surface area contributed by atoms with Crippen molar-refractivity contribution in [3.63, 3.8) is 0 Å². The van der Waals surface area contributed by atoms with Gasteiger partial charge in [0, 0.05) is 4.88 Å². The van der Waals surface area contributed by atoms with Crippen LogP contribution in [0.15, 0.2) is 30.3 Å². The van der Waals surface area contributed by atoms with E-state index in [1.807, 2.05) is 19.1 Å². The normalized spacial score (nSPS) is 10.3. The van der Waals surface area contributed by atoms with Crippen molar-refractivity contribution >= 4 is 17.6 Å². The predicted octanol–water partition coefficient (Wildman–Crippen LogP) is 3.68. The van der Waals surface area contributed by atoms with Crippen LogP contribution in [0, 0.1) is 12.7 Å². The van der Waals surface area contributed by atoms with Crippen LogP contribution in [-0.2, 0) is 0 Å². The molecule has 0 spiro atoms. The van der Waals surface area contributed by atoms with Crippen molar-refractivity contribution in [3.8, 4) is 10.4 Å². The lowest BCUT2D eigenvalue weighted by Gasteiger charge is -1.98. The van der Waals surface area contributed by atoms with Crippen LogP contribution in [0.3, 0.4) is 0 Å². The van der Waals surface area contributed by atoms with Crippen LogP contribution in [0.1, 0.15) is 15.2 Å². The van der Waals surface area contributed by atoms with Crippen LogP contribution in [0.2, 0.25) is 0 Å². The van der Waals surface area contributed by atoms with Crippen molar-refractivity contribution in [1.82, 2.24) is 0 Å². The highest BCUT2D eigenvalue weighted by Gasteiger charge is 2.07. The Morgan fingerprint density at radius 3 is 2.73 bits per heavy atom. The van der Waals surface area contributed by atoms with E-state index in [-0.39, 0.29) is 5.82 Å². The van der Waals surface area contributed by atoms with Gasteiger partial charge in [-0.15, -0.1) is 11.3 Å². The van der Waals surface area contributed by atoms with Gasteiger partial charge in [0.15, 0.2) is 6.29 Å². The zero-order valence-corrected chi connectivity index (χ0v) is 8.98. The quantitative estimate of drug-likeness (QED) is 0.706. The Morgan fingerprint density at radius 2 is 2.13 bits per heavy atom. The van der Waals surface area contributed by atoms with Crippen LogP contribution < -0.4 is 0 Å². The van der Waals surface area contributed by atoms with Gasteiger partial charge in [0.05, 0.1) is 4.88 Å². The van der Waals surface area contributed by atoms with Gasteiger partial charge in [-0.3, -0.25) is 4.79 Å². The number of aryl methyl sites for hydroxylation is 1. The number of rotatable bonds is 2. The van der Waals surface area contributed by atoms with E-state index >= 15 is 0 Å². The summed E-state index contributed by atoms with van der Waals surface area (Å²) in [5.41, 5.74) is 1.83. The number of aldehydes is 1. The van der Waals surface area contributed by atoms with Gasteiger partial charge in [-0.2, -0.15) is 0 Å². The number of carbonyl (C=O) groups excluding carboxylic acids is 1. The lowest BCUT2D eigenvalue weighted by Crippen LogP contribution is -1.77. The highest BCUT2D eigenvalue weighted by Crippen LogP contribution is 2.31. The van der Waals surface area contributed by atoms with E-state index in [0.29, 0.717) is 4.88 Å². The smallest absolute Gasteiger partial charge is 0.160 e. The fourth-order valence-electron chi connectivity index (χ4n) is 1.48. The summed E-state index contributed by atoms with van der Waals surface area (Å²) >= 11 is 1.39. The van der Waals surface area contributed by atoms with E-state index in [0.717, 1.165) is 22.3 Å². The molecule has 0 atom stereocenters. The Balaban J connectivity index is 2.53. The number of hydrogen-bond acceptors (Lipinski definition) is 2. The maximum absolute atomic E-state index is 13.0. The van der Waals surface area contributed by atoms with E-state index in [4.69, 9.17) is 0 Å². The molecule has 1 nitrogen and oxygen atoms in total. The predicted molar refractivity (Wildman–Crippen MR) is 59.8 cm³/mol. The maximum Gasteiger partial charge on any atom is 0.160 e. The van der Waals surface area contributed by atoms with E-state index in [1.165, 1.54) is 23.5 Å². The standard InChI is InChI=1S/C12H9FOS/c1-8-5-11(7-14)15-12(8)9-3-2-4-10(13)6-9/h2-7H,1H3. The number of halogens is 1. The van der Waals surface area contributed by atoms with Gasteiger partial charge in [-0.05, 0) is 36.2 Å². The average Bonchev–Trinajstić information content (AvgIpc) is 2.60. The Kier molecular flexibility index (Phi) is 2.64. The first-order valence-electron chi connectivity index (χ1n) is 4.52. The van der Waals surface area contributed by atoms with Crippen LogP contribution in [-0.4, -0.2) is 6.29 Å². The molecule has 0 unspecified atom stereocenters. The number of hydrogen-bond donors (Lipinski definition) is 0. The van der Waals surface area contributed by atoms with Crippen molar-refractivity contribution in [2.24, 2.45) is 0 Å². The topological polar surface area (TPSA) is 17.1 Å². The van der Waals surface area contributed by atoms with Gasteiger partial charge in [0.1, 0.15) is 5.82 Å². The molecule has 1 aromatic heterocycles. The molecule has 0 fully saturated rings. The van der Waals surface area contributed by atoms with E-state index in [2.05, 4.69) is 0 Å². The molecule has 0 aliphatic heterocycles. The Bertz CT molecular complexity index is 502. The highest BCUT2D eigenvalue weighted by molar-refractivity contribution is 7.17. The number of thiophene rings is 1. The largest absolute Gasteiger partial charge is 0.297 e. The van der Waals surface area contributed by atoms with Crippen LogP contribution in [0.5, 0.6) is 0 Å². The van der Waals surface area contributed by atoms with Gasteiger partial charge >= 0.3 is 0 Å². The second-order valence-corrected chi connectivity index (χ2v) is 4.37. The Labute approximate surface area is 91.2 Å². The third-order valence-electron chi connectivity index (χ3n) is 2.14. The van der Waals surface area contributed by atoms with Crippen molar-refractivity contribution < 1.29 is 9.18 Å². The molecule has 0 radical (unpaired) electrons. The molecule has 0 aliphatic carbocycles. The first-order chi connectivity index (χ1) is 7.20. The molecular formula is C12H9FOS. The molecule has 2 rings (SSSR count). The lowest BCUT2D eigenvalue weighted by atomic mass is 10.1. The van der Waals surface area contributed by atoms with Crippen molar-refractivity contribution in [2.75, 3.05) is 0 Å². The third kappa shape index (κ3) is 1.97. The first kappa shape index (κ1) is 10.1. The molecule has 0 saturated heterocycles. The minimum atomic E-state index is -0.257. The van der Waals surface area contributed by atoms with Crippen molar-refractivity contribution in [3.05, 3.63) is 46.6 Å². The second kappa shape index (κ2) is 3.95. The molecule has 2 aromatic rings. The van der Waals surface area contributed by atoms with E-state index in [9.17, 15) is 9.18 Å². The number of benzene rings is 1. The van der Waals surface area contributed by atoms with Crippen LogP contribution >= 0.6 is 11.3 Å². The lowest BCUT2D eigenvalue weighted by molar-refractivity contribution is 0.112. The summed E-state index contributed by atoms with van der Waals surface area (Å²) < 4.78 is 13.0. The maximum atomic E-state index is 13.0. The fourth-order valence-corrected chi connectivity index (χ4v) is 2.47. The van der Waals surface area contributed by atoms with Crippen LogP contribution in [0.25, 0.3) is 10.4 Å².